The first-order valence-electron chi connectivity index (χ1n) is 10.8. The second-order valence-corrected chi connectivity index (χ2v) is 10.1. The lowest BCUT2D eigenvalue weighted by Crippen LogP contribution is -2.37. The second-order valence-electron chi connectivity index (χ2n) is 8.38. The van der Waals surface area contributed by atoms with Gasteiger partial charge in [-0.2, -0.15) is 13.2 Å². The Hall–Kier alpha value is -2.43. The highest BCUT2D eigenvalue weighted by Crippen LogP contribution is 2.30. The average molecular weight is 483 g/mol. The van der Waals surface area contributed by atoms with E-state index in [1.807, 2.05) is 4.90 Å². The number of carbonyl (C=O) groups is 1. The number of alkyl halides is 3. The van der Waals surface area contributed by atoms with Gasteiger partial charge in [0.05, 0.1) is 23.7 Å². The zero-order valence-corrected chi connectivity index (χ0v) is 18.7. The number of rotatable bonds is 8. The number of morpholine rings is 1. The number of hydrogen-bond acceptors (Lipinski definition) is 5. The Morgan fingerprint density at radius 3 is 2.45 bits per heavy atom. The van der Waals surface area contributed by atoms with E-state index in [0.717, 1.165) is 30.7 Å². The third-order valence-electron chi connectivity index (χ3n) is 5.66. The molecule has 1 heterocycles. The summed E-state index contributed by atoms with van der Waals surface area (Å²) in [4.78, 5) is 14.9. The van der Waals surface area contributed by atoms with E-state index >= 15 is 0 Å². The number of benzene rings is 2. The van der Waals surface area contributed by atoms with Crippen LogP contribution in [0.2, 0.25) is 0 Å². The van der Waals surface area contributed by atoms with E-state index in [1.165, 1.54) is 24.3 Å². The number of sulfonamides is 1. The summed E-state index contributed by atoms with van der Waals surface area (Å²) in [6, 6.07) is 9.36. The first kappa shape index (κ1) is 23.7. The maximum Gasteiger partial charge on any atom is 0.416 e. The van der Waals surface area contributed by atoms with Gasteiger partial charge in [-0.05, 0) is 48.2 Å². The summed E-state index contributed by atoms with van der Waals surface area (Å²) in [5, 5.41) is 0. The van der Waals surface area contributed by atoms with Crippen molar-refractivity contribution in [2.45, 2.75) is 42.8 Å². The Labute approximate surface area is 190 Å². The summed E-state index contributed by atoms with van der Waals surface area (Å²) in [6.45, 7) is 2.23. The Balaban J connectivity index is 1.58. The van der Waals surface area contributed by atoms with E-state index in [2.05, 4.69) is 4.72 Å². The van der Waals surface area contributed by atoms with Crippen molar-refractivity contribution < 1.29 is 31.1 Å². The molecule has 0 aromatic heterocycles. The molecule has 10 heteroatoms. The SMILES string of the molecule is O=C(Cc1cccc(C(F)(F)F)c1)Cc1cc(S(=O)(=O)NC2CC2)ccc1N1CCOCC1. The number of nitrogens with one attached hydrogen (secondary N) is 1. The van der Waals surface area contributed by atoms with Gasteiger partial charge in [-0.15, -0.1) is 0 Å². The highest BCUT2D eigenvalue weighted by atomic mass is 32.2. The van der Waals surface area contributed by atoms with Crippen molar-refractivity contribution in [1.82, 2.24) is 4.72 Å². The van der Waals surface area contributed by atoms with Crippen LogP contribution in [0.4, 0.5) is 18.9 Å². The van der Waals surface area contributed by atoms with Crippen molar-refractivity contribution in [3.63, 3.8) is 0 Å². The van der Waals surface area contributed by atoms with Crippen LogP contribution < -0.4 is 9.62 Å². The van der Waals surface area contributed by atoms with Crippen LogP contribution in [-0.2, 0) is 38.6 Å². The first-order valence-corrected chi connectivity index (χ1v) is 12.3. The third-order valence-corrected chi connectivity index (χ3v) is 7.17. The number of Topliss-reactive ketones (excluding diaryl/α,β-unsaturated/α-hetero) is 1. The highest BCUT2D eigenvalue weighted by Gasteiger charge is 2.31. The number of ether oxygens (including phenoxy) is 1. The van der Waals surface area contributed by atoms with E-state index in [4.69, 9.17) is 4.74 Å². The van der Waals surface area contributed by atoms with Gasteiger partial charge in [0.2, 0.25) is 10.0 Å². The zero-order chi connectivity index (χ0) is 23.6. The summed E-state index contributed by atoms with van der Waals surface area (Å²) in [5.74, 6) is -0.298. The summed E-state index contributed by atoms with van der Waals surface area (Å²) in [5.41, 5.74) is 0.733. The summed E-state index contributed by atoms with van der Waals surface area (Å²) in [6.07, 6.45) is -3.15. The van der Waals surface area contributed by atoms with E-state index in [-0.39, 0.29) is 35.1 Å². The molecule has 178 valence electrons. The molecule has 1 saturated heterocycles. The maximum atomic E-state index is 13.0. The number of halogens is 3. The van der Waals surface area contributed by atoms with Crippen LogP contribution in [0.15, 0.2) is 47.4 Å². The Kier molecular flexibility index (Phi) is 6.78. The van der Waals surface area contributed by atoms with Crippen molar-refractivity contribution in [1.29, 1.82) is 0 Å². The molecule has 2 aliphatic rings. The van der Waals surface area contributed by atoms with Crippen molar-refractivity contribution in [3.8, 4) is 0 Å². The number of anilines is 1. The Bertz CT molecular complexity index is 1120. The minimum Gasteiger partial charge on any atom is -0.378 e. The van der Waals surface area contributed by atoms with Crippen molar-refractivity contribution in [3.05, 3.63) is 59.2 Å². The minimum atomic E-state index is -4.49. The van der Waals surface area contributed by atoms with Gasteiger partial charge in [-0.1, -0.05) is 18.2 Å². The molecule has 1 aliphatic carbocycles. The van der Waals surface area contributed by atoms with Gasteiger partial charge in [0.15, 0.2) is 0 Å². The van der Waals surface area contributed by atoms with E-state index < -0.39 is 21.8 Å². The van der Waals surface area contributed by atoms with Crippen molar-refractivity contribution in [2.24, 2.45) is 0 Å². The molecule has 33 heavy (non-hydrogen) atoms. The Morgan fingerprint density at radius 2 is 1.79 bits per heavy atom. The van der Waals surface area contributed by atoms with E-state index in [0.29, 0.717) is 31.9 Å². The predicted molar refractivity (Wildman–Crippen MR) is 117 cm³/mol. The standard InChI is InChI=1S/C23H25F3N2O4S/c24-23(25,26)18-3-1-2-16(12-18)13-20(29)14-17-15-21(33(30,31)27-19-4-5-19)6-7-22(17)28-8-10-32-11-9-28/h1-3,6-7,12,15,19,27H,4-5,8-11,13-14H2. The largest absolute Gasteiger partial charge is 0.416 e. The van der Waals surface area contributed by atoms with Gasteiger partial charge in [0.25, 0.3) is 0 Å². The zero-order valence-electron chi connectivity index (χ0n) is 17.9. The Morgan fingerprint density at radius 1 is 1.06 bits per heavy atom. The fourth-order valence-corrected chi connectivity index (χ4v) is 5.19. The lowest BCUT2D eigenvalue weighted by molar-refractivity contribution is -0.137. The van der Waals surface area contributed by atoms with Gasteiger partial charge < -0.3 is 9.64 Å². The highest BCUT2D eigenvalue weighted by molar-refractivity contribution is 7.89. The minimum absolute atomic E-state index is 0.0556. The molecule has 1 saturated carbocycles. The molecule has 6 nitrogen and oxygen atoms in total. The molecular formula is C23H25F3N2O4S. The van der Waals surface area contributed by atoms with Gasteiger partial charge in [-0.3, -0.25) is 4.79 Å². The van der Waals surface area contributed by atoms with Crippen LogP contribution in [-0.4, -0.2) is 46.5 Å². The predicted octanol–water partition coefficient (Wildman–Crippen LogP) is 3.34. The van der Waals surface area contributed by atoms with Gasteiger partial charge in [0, 0.05) is 37.7 Å². The van der Waals surface area contributed by atoms with Crippen molar-refractivity contribution in [2.75, 3.05) is 31.2 Å². The van der Waals surface area contributed by atoms with E-state index in [1.54, 1.807) is 6.07 Å². The first-order chi connectivity index (χ1) is 15.6. The van der Waals surface area contributed by atoms with Gasteiger partial charge in [-0.25, -0.2) is 13.1 Å². The molecule has 2 aromatic rings. The number of carbonyl (C=O) groups excluding carboxylic acids is 1. The molecule has 2 fully saturated rings. The normalized spacial score (nSPS) is 17.2. The smallest absolute Gasteiger partial charge is 0.378 e. The van der Waals surface area contributed by atoms with Crippen LogP contribution in [0.3, 0.4) is 0 Å². The molecule has 0 unspecified atom stereocenters. The van der Waals surface area contributed by atoms with Gasteiger partial charge in [0.1, 0.15) is 5.78 Å². The number of hydrogen-bond donors (Lipinski definition) is 1. The lowest BCUT2D eigenvalue weighted by atomic mass is 9.99. The van der Waals surface area contributed by atoms with Crippen LogP contribution in [0.1, 0.15) is 29.5 Å². The molecule has 0 bridgehead atoms. The van der Waals surface area contributed by atoms with Crippen LogP contribution in [0, 0.1) is 0 Å². The monoisotopic (exact) mass is 482 g/mol. The fourth-order valence-electron chi connectivity index (χ4n) is 3.83. The molecular weight excluding hydrogens is 457 g/mol. The van der Waals surface area contributed by atoms with E-state index in [9.17, 15) is 26.4 Å². The molecule has 0 spiro atoms. The van der Waals surface area contributed by atoms with Gasteiger partial charge >= 0.3 is 6.18 Å². The topological polar surface area (TPSA) is 75.7 Å². The quantitative estimate of drug-likeness (QED) is 0.625. The average Bonchev–Trinajstić information content (AvgIpc) is 3.57. The summed E-state index contributed by atoms with van der Waals surface area (Å²) < 4.78 is 72.4. The fraction of sp³-hybridized carbons (Fsp3) is 0.435. The molecule has 4 rings (SSSR count). The maximum absolute atomic E-state index is 13.0. The molecule has 1 aliphatic heterocycles. The van der Waals surface area contributed by atoms with Crippen LogP contribution in [0.5, 0.6) is 0 Å². The second kappa shape index (κ2) is 9.44. The third kappa shape index (κ3) is 6.13. The van der Waals surface area contributed by atoms with Crippen LogP contribution >= 0.6 is 0 Å². The molecule has 0 amide bonds. The molecule has 2 aromatic carbocycles. The summed E-state index contributed by atoms with van der Waals surface area (Å²) >= 11 is 0. The number of nitrogens with zero attached hydrogens (tertiary/aromatic N) is 1. The number of ketones is 1. The van der Waals surface area contributed by atoms with Crippen LogP contribution in [0.25, 0.3) is 0 Å². The lowest BCUT2D eigenvalue weighted by Gasteiger charge is -2.31. The summed E-state index contributed by atoms with van der Waals surface area (Å²) in [7, 11) is -3.71. The van der Waals surface area contributed by atoms with Crippen molar-refractivity contribution >= 4 is 21.5 Å². The molecule has 0 radical (unpaired) electrons. The molecule has 0 atom stereocenters. The molecule has 1 N–H and O–H groups in total.